The molecule has 6 nitrogen and oxygen atoms in total. The summed E-state index contributed by atoms with van der Waals surface area (Å²) in [5.74, 6) is 2.16. The van der Waals surface area contributed by atoms with Gasteiger partial charge in [0.2, 0.25) is 18.4 Å². The van der Waals surface area contributed by atoms with Crippen LogP contribution in [0.1, 0.15) is 34.1 Å². The number of nitrogens with one attached hydrogen (secondary N) is 1. The monoisotopic (exact) mass is 468 g/mol. The maximum atomic E-state index is 14.1. The number of piperazine rings is 1. The average molecular weight is 469 g/mol. The van der Waals surface area contributed by atoms with E-state index in [1.54, 1.807) is 7.11 Å². The molecule has 178 valence electrons. The number of fused-ring (bicyclic) bond motifs is 6. The second kappa shape index (κ2) is 8.02. The first-order valence-corrected chi connectivity index (χ1v) is 12.4. The van der Waals surface area contributed by atoms with Crippen LogP contribution in [0.3, 0.4) is 0 Å². The molecule has 2 fully saturated rings. The molecule has 2 saturated heterocycles. The van der Waals surface area contributed by atoms with Gasteiger partial charge in [0, 0.05) is 36.5 Å². The van der Waals surface area contributed by atoms with Crippen LogP contribution < -0.4 is 19.5 Å². The van der Waals surface area contributed by atoms with E-state index in [0.29, 0.717) is 17.2 Å². The van der Waals surface area contributed by atoms with Crippen LogP contribution in [0.5, 0.6) is 17.2 Å². The summed E-state index contributed by atoms with van der Waals surface area (Å²) < 4.78 is 17.5. The first-order valence-electron chi connectivity index (χ1n) is 12.4. The van der Waals surface area contributed by atoms with Gasteiger partial charge in [0.05, 0.1) is 19.1 Å². The normalized spacial score (nSPS) is 28.0. The third-order valence-electron chi connectivity index (χ3n) is 8.21. The maximum absolute atomic E-state index is 14.1. The van der Waals surface area contributed by atoms with E-state index in [4.69, 9.17) is 14.2 Å². The third-order valence-corrected chi connectivity index (χ3v) is 8.21. The van der Waals surface area contributed by atoms with Gasteiger partial charge in [-0.3, -0.25) is 4.79 Å². The van der Waals surface area contributed by atoms with Crippen molar-refractivity contribution in [3.63, 3.8) is 0 Å². The summed E-state index contributed by atoms with van der Waals surface area (Å²) >= 11 is 0. The lowest BCUT2D eigenvalue weighted by Gasteiger charge is -2.38. The molecule has 0 spiro atoms. The first-order chi connectivity index (χ1) is 17.2. The summed E-state index contributed by atoms with van der Waals surface area (Å²) in [4.78, 5) is 16.3. The standard InChI is InChI=1S/C29H28N2O4/c1-33-28-25-20(13-22-27(28)35-16-34-22)24-21-14-30-19(12-17-8-4-2-5-9-17)15-31(21)29(32)26(24)23(25)18-10-6-3-7-11-18/h2-11,13,19,21,23-24,26,30H,12,14-16H2,1H3/t19-,21+,23-,24+,26+/m0/s1. The van der Waals surface area contributed by atoms with Crippen LogP contribution in [-0.2, 0) is 11.2 Å². The second-order valence-electron chi connectivity index (χ2n) is 9.94. The van der Waals surface area contributed by atoms with Crippen LogP contribution in [0.15, 0.2) is 66.7 Å². The minimum atomic E-state index is -0.161. The largest absolute Gasteiger partial charge is 0.492 e. The number of rotatable bonds is 4. The summed E-state index contributed by atoms with van der Waals surface area (Å²) in [7, 11) is 1.68. The van der Waals surface area contributed by atoms with Gasteiger partial charge in [-0.2, -0.15) is 0 Å². The van der Waals surface area contributed by atoms with E-state index in [2.05, 4.69) is 52.7 Å². The predicted octanol–water partition coefficient (Wildman–Crippen LogP) is 3.69. The van der Waals surface area contributed by atoms with Crippen molar-refractivity contribution in [1.29, 1.82) is 0 Å². The third kappa shape index (κ3) is 3.09. The molecule has 3 aromatic rings. The molecule has 0 saturated carbocycles. The minimum absolute atomic E-state index is 0.0775. The van der Waals surface area contributed by atoms with Crippen molar-refractivity contribution in [2.75, 3.05) is 27.0 Å². The molecular weight excluding hydrogens is 440 g/mol. The number of amides is 1. The smallest absolute Gasteiger partial charge is 0.231 e. The Balaban J connectivity index is 1.30. The number of carbonyl (C=O) groups is 1. The van der Waals surface area contributed by atoms with E-state index in [9.17, 15) is 4.79 Å². The summed E-state index contributed by atoms with van der Waals surface area (Å²) in [6.45, 7) is 1.70. The molecule has 0 bridgehead atoms. The highest BCUT2D eigenvalue weighted by molar-refractivity contribution is 5.88. The minimum Gasteiger partial charge on any atom is -0.492 e. The van der Waals surface area contributed by atoms with Crippen LogP contribution in [0, 0.1) is 5.92 Å². The Morgan fingerprint density at radius 3 is 2.57 bits per heavy atom. The number of ether oxygens (including phenoxy) is 3. The topological polar surface area (TPSA) is 60.0 Å². The highest BCUT2D eigenvalue weighted by atomic mass is 16.7. The van der Waals surface area contributed by atoms with E-state index in [0.717, 1.165) is 36.2 Å². The lowest BCUT2D eigenvalue weighted by molar-refractivity contribution is -0.133. The van der Waals surface area contributed by atoms with Gasteiger partial charge in [-0.25, -0.2) is 0 Å². The number of carbonyl (C=O) groups excluding carboxylic acids is 1. The summed E-state index contributed by atoms with van der Waals surface area (Å²) in [5.41, 5.74) is 4.67. The van der Waals surface area contributed by atoms with Gasteiger partial charge in [-0.15, -0.1) is 0 Å². The van der Waals surface area contributed by atoms with Gasteiger partial charge in [-0.1, -0.05) is 60.7 Å². The van der Waals surface area contributed by atoms with Gasteiger partial charge in [0.25, 0.3) is 0 Å². The molecule has 0 radical (unpaired) electrons. The Hall–Kier alpha value is -3.51. The molecule has 5 atom stereocenters. The van der Waals surface area contributed by atoms with Crippen LogP contribution >= 0.6 is 0 Å². The van der Waals surface area contributed by atoms with E-state index in [1.807, 2.05) is 24.3 Å². The van der Waals surface area contributed by atoms with Crippen molar-refractivity contribution < 1.29 is 19.0 Å². The van der Waals surface area contributed by atoms with Crippen LogP contribution in [-0.4, -0.2) is 49.9 Å². The van der Waals surface area contributed by atoms with Crippen molar-refractivity contribution >= 4 is 5.91 Å². The van der Waals surface area contributed by atoms with Crippen molar-refractivity contribution in [3.05, 3.63) is 89.0 Å². The van der Waals surface area contributed by atoms with Gasteiger partial charge in [0.1, 0.15) is 0 Å². The molecule has 35 heavy (non-hydrogen) atoms. The number of methoxy groups -OCH3 is 1. The summed E-state index contributed by atoms with van der Waals surface area (Å²) in [6.07, 6.45) is 0.915. The predicted molar refractivity (Wildman–Crippen MR) is 131 cm³/mol. The number of benzene rings is 3. The van der Waals surface area contributed by atoms with Gasteiger partial charge in [-0.05, 0) is 29.2 Å². The highest BCUT2D eigenvalue weighted by Crippen LogP contribution is 2.62. The fourth-order valence-corrected chi connectivity index (χ4v) is 6.84. The Kier molecular flexibility index (Phi) is 4.77. The summed E-state index contributed by atoms with van der Waals surface area (Å²) in [6, 6.07) is 23.3. The summed E-state index contributed by atoms with van der Waals surface area (Å²) in [5, 5.41) is 3.76. The van der Waals surface area contributed by atoms with Gasteiger partial charge < -0.3 is 24.4 Å². The van der Waals surface area contributed by atoms with Crippen molar-refractivity contribution in [2.45, 2.75) is 30.3 Å². The molecule has 3 aliphatic heterocycles. The zero-order valence-electron chi connectivity index (χ0n) is 19.6. The molecule has 1 aliphatic carbocycles. The molecule has 3 heterocycles. The number of hydrogen-bond donors (Lipinski definition) is 1. The fourth-order valence-electron chi connectivity index (χ4n) is 6.84. The highest BCUT2D eigenvalue weighted by Gasteiger charge is 2.59. The van der Waals surface area contributed by atoms with E-state index in [1.165, 1.54) is 5.56 Å². The molecule has 1 N–H and O–H groups in total. The van der Waals surface area contributed by atoms with E-state index >= 15 is 0 Å². The van der Waals surface area contributed by atoms with Crippen molar-refractivity contribution in [3.8, 4) is 17.2 Å². The molecule has 4 aliphatic rings. The van der Waals surface area contributed by atoms with Crippen molar-refractivity contribution in [1.82, 2.24) is 10.2 Å². The Labute approximate surface area is 204 Å². The van der Waals surface area contributed by atoms with E-state index < -0.39 is 0 Å². The molecular formula is C29H28N2O4. The number of nitrogens with zero attached hydrogens (tertiary/aromatic N) is 1. The lowest BCUT2D eigenvalue weighted by atomic mass is 9.82. The van der Waals surface area contributed by atoms with Crippen molar-refractivity contribution in [2.24, 2.45) is 5.92 Å². The molecule has 7 rings (SSSR count). The van der Waals surface area contributed by atoms with Gasteiger partial charge in [0.15, 0.2) is 11.5 Å². The van der Waals surface area contributed by atoms with Crippen LogP contribution in [0.4, 0.5) is 0 Å². The zero-order chi connectivity index (χ0) is 23.5. The first kappa shape index (κ1) is 20.8. The molecule has 0 aromatic heterocycles. The fraction of sp³-hybridized carbons (Fsp3) is 0.345. The zero-order valence-corrected chi connectivity index (χ0v) is 19.6. The molecule has 6 heteroatoms. The number of hydrogen-bond acceptors (Lipinski definition) is 5. The SMILES string of the molecule is COc1c2c(cc3c1[C@H](c1ccccc1)[C@H]1C(=O)N4C[C@H](Cc5ccccc5)NC[C@@H]4[C@@H]31)OCO2. The van der Waals surface area contributed by atoms with Crippen LogP contribution in [0.25, 0.3) is 0 Å². The second-order valence-corrected chi connectivity index (χ2v) is 9.94. The molecule has 1 amide bonds. The molecule has 3 aromatic carbocycles. The maximum Gasteiger partial charge on any atom is 0.231 e. The quantitative estimate of drug-likeness (QED) is 0.633. The average Bonchev–Trinajstić information content (AvgIpc) is 3.57. The molecule has 0 unspecified atom stereocenters. The Bertz CT molecular complexity index is 1280. The lowest BCUT2D eigenvalue weighted by Crippen LogP contribution is -2.56. The van der Waals surface area contributed by atoms with Gasteiger partial charge >= 0.3 is 0 Å². The Morgan fingerprint density at radius 2 is 1.80 bits per heavy atom. The van der Waals surface area contributed by atoms with E-state index in [-0.39, 0.29) is 42.5 Å². The Morgan fingerprint density at radius 1 is 1.03 bits per heavy atom. The van der Waals surface area contributed by atoms with Crippen LogP contribution in [0.2, 0.25) is 0 Å².